The lowest BCUT2D eigenvalue weighted by molar-refractivity contribution is -0.292. The minimum Gasteiger partial charge on any atom is -0.508 e. The summed E-state index contributed by atoms with van der Waals surface area (Å²) >= 11 is 0. The smallest absolute Gasteiger partial charge is 0.416 e. The van der Waals surface area contributed by atoms with E-state index in [0.29, 0.717) is 18.1 Å². The zero-order valence-corrected chi connectivity index (χ0v) is 21.5. The molecule has 0 radical (unpaired) electrons. The van der Waals surface area contributed by atoms with Crippen LogP contribution >= 0.6 is 0 Å². The Balaban J connectivity index is 1.44. The van der Waals surface area contributed by atoms with Gasteiger partial charge in [-0.25, -0.2) is 14.5 Å². The molecule has 1 amide bonds. The molecule has 0 unspecified atom stereocenters. The molecular weight excluding hydrogens is 480 g/mol. The molecule has 2 aromatic carbocycles. The summed E-state index contributed by atoms with van der Waals surface area (Å²) in [5.74, 6) is 0.699. The highest BCUT2D eigenvalue weighted by Crippen LogP contribution is 2.29. The zero-order valence-electron chi connectivity index (χ0n) is 21.5. The van der Waals surface area contributed by atoms with Gasteiger partial charge in [-0.1, -0.05) is 0 Å². The van der Waals surface area contributed by atoms with E-state index in [1.165, 1.54) is 12.0 Å². The van der Waals surface area contributed by atoms with Crippen LogP contribution in [0.15, 0.2) is 54.9 Å². The lowest BCUT2D eigenvalue weighted by Crippen LogP contribution is -2.60. The molecule has 1 aromatic heterocycles. The zero-order chi connectivity index (χ0) is 26.5. The maximum absolute atomic E-state index is 13.0. The van der Waals surface area contributed by atoms with E-state index in [-0.39, 0.29) is 18.0 Å². The van der Waals surface area contributed by atoms with E-state index in [2.05, 4.69) is 10.1 Å². The van der Waals surface area contributed by atoms with E-state index in [0.717, 1.165) is 11.3 Å². The Morgan fingerprint density at radius 3 is 2.35 bits per heavy atom. The highest BCUT2D eigenvalue weighted by Gasteiger charge is 2.47. The number of nitrogens with zero attached hydrogens (tertiary/aromatic N) is 4. The van der Waals surface area contributed by atoms with Crippen molar-refractivity contribution < 1.29 is 33.6 Å². The summed E-state index contributed by atoms with van der Waals surface area (Å²) in [6.07, 6.45) is -1.82. The van der Waals surface area contributed by atoms with Crippen LogP contribution in [0.3, 0.4) is 0 Å². The van der Waals surface area contributed by atoms with Gasteiger partial charge in [0.1, 0.15) is 30.4 Å². The predicted octanol–water partition coefficient (Wildman–Crippen LogP) is 3.39. The predicted molar refractivity (Wildman–Crippen MR) is 135 cm³/mol. The van der Waals surface area contributed by atoms with Crippen LogP contribution in [0.5, 0.6) is 5.75 Å². The monoisotopic (exact) mass is 512 g/mol. The van der Waals surface area contributed by atoms with Gasteiger partial charge in [-0.3, -0.25) is 4.90 Å². The molecular formula is C26H32N4O7. The van der Waals surface area contributed by atoms with Crippen LogP contribution in [0.25, 0.3) is 17.1 Å². The molecule has 37 heavy (non-hydrogen) atoms. The fraction of sp³-hybridized carbons (Fsp3) is 0.423. The maximum atomic E-state index is 13.0. The van der Waals surface area contributed by atoms with Crippen molar-refractivity contribution in [3.8, 4) is 22.8 Å². The van der Waals surface area contributed by atoms with Crippen LogP contribution in [-0.2, 0) is 23.7 Å². The third kappa shape index (κ3) is 5.75. The molecule has 4 rings (SSSR count). The minimum absolute atomic E-state index is 0.179. The van der Waals surface area contributed by atoms with Crippen LogP contribution in [0.4, 0.5) is 10.5 Å². The van der Waals surface area contributed by atoms with Gasteiger partial charge in [0.25, 0.3) is 0 Å². The average molecular weight is 513 g/mol. The van der Waals surface area contributed by atoms with Gasteiger partial charge < -0.3 is 28.8 Å². The quantitative estimate of drug-likeness (QED) is 0.485. The van der Waals surface area contributed by atoms with Gasteiger partial charge in [0.05, 0.1) is 11.8 Å². The van der Waals surface area contributed by atoms with E-state index in [1.54, 1.807) is 61.6 Å². The number of amides is 1. The Labute approximate surface area is 215 Å². The Kier molecular flexibility index (Phi) is 8.39. The molecule has 0 aliphatic carbocycles. The van der Waals surface area contributed by atoms with Crippen LogP contribution < -0.4 is 4.90 Å². The van der Waals surface area contributed by atoms with Gasteiger partial charge in [0.2, 0.25) is 6.29 Å². The molecule has 1 aliphatic rings. The second-order valence-electron chi connectivity index (χ2n) is 8.55. The van der Waals surface area contributed by atoms with E-state index < -0.39 is 24.6 Å². The van der Waals surface area contributed by atoms with Gasteiger partial charge in [0, 0.05) is 39.1 Å². The third-order valence-corrected chi connectivity index (χ3v) is 6.24. The van der Waals surface area contributed by atoms with Crippen molar-refractivity contribution in [3.63, 3.8) is 0 Å². The molecule has 198 valence electrons. The van der Waals surface area contributed by atoms with Crippen LogP contribution in [0.2, 0.25) is 0 Å². The Morgan fingerprint density at radius 2 is 1.73 bits per heavy atom. The first-order chi connectivity index (χ1) is 17.9. The molecule has 1 fully saturated rings. The first kappa shape index (κ1) is 26.6. The number of phenols is 1. The largest absolute Gasteiger partial charge is 0.508 e. The third-order valence-electron chi connectivity index (χ3n) is 6.24. The van der Waals surface area contributed by atoms with Crippen molar-refractivity contribution in [1.29, 1.82) is 0 Å². The number of anilines is 1. The van der Waals surface area contributed by atoms with Crippen LogP contribution in [-0.4, -0.2) is 84.5 Å². The normalized spacial score (nSPS) is 23.5. The molecule has 5 atom stereocenters. The Bertz CT molecular complexity index is 1170. The number of methoxy groups -OCH3 is 2. The Morgan fingerprint density at radius 1 is 1.05 bits per heavy atom. The number of rotatable bonds is 8. The fourth-order valence-corrected chi connectivity index (χ4v) is 4.27. The number of carbonyl (C=O) groups excluding carboxylic acids is 1. The van der Waals surface area contributed by atoms with Crippen molar-refractivity contribution in [3.05, 3.63) is 54.9 Å². The molecule has 0 saturated carbocycles. The fourth-order valence-electron chi connectivity index (χ4n) is 4.27. The number of phenolic OH excluding ortho intramolecular Hbond substituents is 1. The molecule has 2 heterocycles. The Hall–Kier alpha value is -3.51. The number of carbonyl (C=O) groups is 1. The minimum atomic E-state index is -0.967. The van der Waals surface area contributed by atoms with E-state index in [1.807, 2.05) is 26.0 Å². The lowest BCUT2D eigenvalue weighted by atomic mass is 9.99. The van der Waals surface area contributed by atoms with Crippen molar-refractivity contribution in [2.24, 2.45) is 0 Å². The molecule has 1 aliphatic heterocycles. The van der Waals surface area contributed by atoms with Crippen molar-refractivity contribution in [2.75, 3.05) is 32.8 Å². The molecule has 11 heteroatoms. The molecule has 11 nitrogen and oxygen atoms in total. The van der Waals surface area contributed by atoms with Crippen LogP contribution in [0, 0.1) is 0 Å². The SMILES string of the molecule is CCO[C@@H]1[C@@H](OC)[C@H](C)O[C@@H](OC(=O)N(C)c2ccc(-c3ncn(-c4ccc(O)cc4)n3)cc2)[C@@H]1OC. The molecule has 1 N–H and O–H groups in total. The first-order valence-electron chi connectivity index (χ1n) is 11.9. The van der Waals surface area contributed by atoms with E-state index in [9.17, 15) is 9.90 Å². The summed E-state index contributed by atoms with van der Waals surface area (Å²) in [5, 5.41) is 14.0. The number of hydrogen-bond acceptors (Lipinski definition) is 9. The highest BCUT2D eigenvalue weighted by molar-refractivity contribution is 5.87. The van der Waals surface area contributed by atoms with Crippen molar-refractivity contribution >= 4 is 11.8 Å². The van der Waals surface area contributed by atoms with Crippen LogP contribution in [0.1, 0.15) is 13.8 Å². The molecule has 3 aromatic rings. The van der Waals surface area contributed by atoms with Crippen molar-refractivity contribution in [2.45, 2.75) is 44.6 Å². The second-order valence-corrected chi connectivity index (χ2v) is 8.55. The summed E-state index contributed by atoms with van der Waals surface area (Å²) < 4.78 is 30.2. The summed E-state index contributed by atoms with van der Waals surface area (Å²) in [5.41, 5.74) is 2.16. The summed E-state index contributed by atoms with van der Waals surface area (Å²) in [7, 11) is 4.71. The number of aromatic nitrogens is 3. The number of hydrogen-bond donors (Lipinski definition) is 1. The van der Waals surface area contributed by atoms with Gasteiger partial charge in [-0.05, 0) is 62.4 Å². The van der Waals surface area contributed by atoms with Crippen molar-refractivity contribution in [1.82, 2.24) is 14.8 Å². The van der Waals surface area contributed by atoms with Gasteiger partial charge in [-0.15, -0.1) is 5.10 Å². The number of aromatic hydroxyl groups is 1. The standard InChI is InChI=1S/C26H32N4O7/c1-6-35-22-21(33-4)16(2)36-25(23(22)34-5)37-26(32)29(3)18-9-7-17(8-10-18)24-27-15-30(28-24)19-11-13-20(31)14-12-19/h7-16,21-23,25,31H,6H2,1-5H3/t16-,21-,22+,23+,25-/m0/s1. The number of benzene rings is 2. The van der Waals surface area contributed by atoms with Gasteiger partial charge >= 0.3 is 6.09 Å². The van der Waals surface area contributed by atoms with E-state index >= 15 is 0 Å². The second kappa shape index (κ2) is 11.7. The highest BCUT2D eigenvalue weighted by atomic mass is 16.7. The molecule has 1 saturated heterocycles. The van der Waals surface area contributed by atoms with Gasteiger partial charge in [-0.2, -0.15) is 0 Å². The molecule has 0 spiro atoms. The van der Waals surface area contributed by atoms with Gasteiger partial charge in [0.15, 0.2) is 5.82 Å². The summed E-state index contributed by atoms with van der Waals surface area (Å²) in [6.45, 7) is 4.17. The first-order valence-corrected chi connectivity index (χ1v) is 11.9. The lowest BCUT2D eigenvalue weighted by Gasteiger charge is -2.43. The average Bonchev–Trinajstić information content (AvgIpc) is 3.39. The maximum Gasteiger partial charge on any atom is 0.416 e. The van der Waals surface area contributed by atoms with E-state index in [4.69, 9.17) is 23.7 Å². The summed E-state index contributed by atoms with van der Waals surface area (Å²) in [4.78, 5) is 18.7. The topological polar surface area (TPSA) is 117 Å². The molecule has 0 bridgehead atoms. The number of ether oxygens (including phenoxy) is 5. The summed E-state index contributed by atoms with van der Waals surface area (Å²) in [6, 6.07) is 13.9.